The van der Waals surface area contributed by atoms with Gasteiger partial charge in [0.1, 0.15) is 0 Å². The van der Waals surface area contributed by atoms with Gasteiger partial charge in [-0.2, -0.15) is 0 Å². The van der Waals surface area contributed by atoms with Crippen molar-refractivity contribution in [3.05, 3.63) is 12.2 Å². The molecule has 0 heterocycles. The molecule has 21 heavy (non-hydrogen) atoms. The Morgan fingerprint density at radius 2 is 1.76 bits per heavy atom. The third-order valence-corrected chi connectivity index (χ3v) is 3.91. The van der Waals surface area contributed by atoms with Crippen LogP contribution in [0.5, 0.6) is 0 Å². The van der Waals surface area contributed by atoms with Crippen molar-refractivity contribution in [3.63, 3.8) is 0 Å². The quantitative estimate of drug-likeness (QED) is 0.158. The molecule has 0 aromatic heterocycles. The first-order chi connectivity index (χ1) is 9.95. The van der Waals surface area contributed by atoms with E-state index >= 15 is 0 Å². The molecule has 0 spiro atoms. The van der Waals surface area contributed by atoms with Crippen LogP contribution in [0.4, 0.5) is 0 Å². The Labute approximate surface area is 127 Å². The maximum Gasteiger partial charge on any atom is 0.333 e. The molecule has 0 aromatic carbocycles. The first-order valence-electron chi connectivity index (χ1n) is 6.91. The first kappa shape index (κ1) is 20.2. The fourth-order valence-corrected chi connectivity index (χ4v) is 2.43. The van der Waals surface area contributed by atoms with Crippen LogP contribution in [0.3, 0.4) is 0 Å². The van der Waals surface area contributed by atoms with Gasteiger partial charge >= 0.3 is 5.97 Å². The molecule has 2 N–H and O–H groups in total. The highest BCUT2D eigenvalue weighted by atomic mass is 28.2. The lowest BCUT2D eigenvalue weighted by molar-refractivity contribution is -0.336. The van der Waals surface area contributed by atoms with Crippen molar-refractivity contribution in [2.75, 3.05) is 33.0 Å². The fraction of sp³-hybridized carbons (Fsp3) is 0.769. The summed E-state index contributed by atoms with van der Waals surface area (Å²) in [5.41, 5.74) is 0.380. The number of hydrogen-bond donors (Lipinski definition) is 2. The van der Waals surface area contributed by atoms with E-state index in [-0.39, 0.29) is 32.4 Å². The molecule has 8 heteroatoms. The van der Waals surface area contributed by atoms with Gasteiger partial charge < -0.3 is 28.8 Å². The van der Waals surface area contributed by atoms with E-state index in [1.165, 1.54) is 0 Å². The van der Waals surface area contributed by atoms with Crippen LogP contribution in [-0.2, 0) is 23.4 Å². The molecule has 0 saturated heterocycles. The fourth-order valence-electron chi connectivity index (χ4n) is 1.34. The number of aliphatic hydroxyl groups excluding tert-OH is 2. The minimum Gasteiger partial charge on any atom is -0.462 e. The maximum atomic E-state index is 11.1. The van der Waals surface area contributed by atoms with Crippen LogP contribution in [0.2, 0.25) is 6.04 Å². The zero-order chi connectivity index (χ0) is 16.1. The van der Waals surface area contributed by atoms with Crippen molar-refractivity contribution in [2.45, 2.75) is 32.3 Å². The SMILES string of the molecule is C=C(C)C(=O)OCCC[SiH2]OC(C)(OCCO)OCCO. The number of rotatable bonds is 13. The van der Waals surface area contributed by atoms with Crippen molar-refractivity contribution >= 4 is 15.7 Å². The predicted octanol–water partition coefficient (Wildman–Crippen LogP) is -0.294. The first-order valence-corrected chi connectivity index (χ1v) is 8.49. The van der Waals surface area contributed by atoms with Gasteiger partial charge in [-0.05, 0) is 19.4 Å². The van der Waals surface area contributed by atoms with Crippen molar-refractivity contribution in [3.8, 4) is 0 Å². The molecular weight excluding hydrogens is 296 g/mol. The summed E-state index contributed by atoms with van der Waals surface area (Å²) in [4.78, 5) is 11.1. The smallest absolute Gasteiger partial charge is 0.333 e. The molecule has 124 valence electrons. The van der Waals surface area contributed by atoms with Gasteiger partial charge in [0.05, 0.1) is 33.0 Å². The van der Waals surface area contributed by atoms with Crippen molar-refractivity contribution in [1.82, 2.24) is 0 Å². The molecule has 0 atom stereocenters. The van der Waals surface area contributed by atoms with Crippen LogP contribution in [0.15, 0.2) is 12.2 Å². The Morgan fingerprint density at radius 1 is 1.19 bits per heavy atom. The van der Waals surface area contributed by atoms with E-state index in [2.05, 4.69) is 6.58 Å². The molecule has 0 unspecified atom stereocenters. The summed E-state index contributed by atoms with van der Waals surface area (Å²) < 4.78 is 21.1. The Hall–Kier alpha value is -0.773. The molecule has 0 aliphatic heterocycles. The summed E-state index contributed by atoms with van der Waals surface area (Å²) in [6, 6.07) is 0.782. The monoisotopic (exact) mass is 322 g/mol. The van der Waals surface area contributed by atoms with Crippen LogP contribution in [-0.4, -0.2) is 65.0 Å². The molecule has 0 aliphatic rings. The predicted molar refractivity (Wildman–Crippen MR) is 79.3 cm³/mol. The zero-order valence-corrected chi connectivity index (χ0v) is 14.2. The minimum atomic E-state index is -1.24. The Bertz CT molecular complexity index is 301. The van der Waals surface area contributed by atoms with Gasteiger partial charge in [-0.3, -0.25) is 0 Å². The summed E-state index contributed by atoms with van der Waals surface area (Å²) in [5.74, 6) is -1.63. The second kappa shape index (κ2) is 11.8. The van der Waals surface area contributed by atoms with Crippen molar-refractivity contribution in [1.29, 1.82) is 0 Å². The third kappa shape index (κ3) is 10.6. The van der Waals surface area contributed by atoms with Crippen LogP contribution < -0.4 is 0 Å². The van der Waals surface area contributed by atoms with Gasteiger partial charge in [0, 0.05) is 12.5 Å². The van der Waals surface area contributed by atoms with Crippen LogP contribution in [0.1, 0.15) is 20.3 Å². The highest BCUT2D eigenvalue weighted by Gasteiger charge is 2.26. The van der Waals surface area contributed by atoms with E-state index in [0.29, 0.717) is 18.6 Å². The van der Waals surface area contributed by atoms with E-state index < -0.39 is 15.7 Å². The standard InChI is InChI=1S/C13H26O7Si/c1-11(2)12(16)17-7-4-10-21-20-13(3,18-8-5-14)19-9-6-15/h14-15H,1,4-10,21H2,2-3H3. The Morgan fingerprint density at radius 3 is 2.24 bits per heavy atom. The molecule has 0 saturated carbocycles. The largest absolute Gasteiger partial charge is 0.462 e. The summed E-state index contributed by atoms with van der Waals surface area (Å²) in [6.45, 7) is 6.93. The van der Waals surface area contributed by atoms with Crippen LogP contribution in [0, 0.1) is 0 Å². The lowest BCUT2D eigenvalue weighted by atomic mass is 10.4. The molecular formula is C13H26O7Si. The third-order valence-electron chi connectivity index (χ3n) is 2.40. The number of aliphatic hydroxyl groups is 2. The second-order valence-corrected chi connectivity index (χ2v) is 5.88. The number of ether oxygens (including phenoxy) is 3. The minimum absolute atomic E-state index is 0.0898. The van der Waals surface area contributed by atoms with E-state index in [1.54, 1.807) is 13.8 Å². The highest BCUT2D eigenvalue weighted by molar-refractivity contribution is 6.27. The van der Waals surface area contributed by atoms with Gasteiger partial charge in [0.15, 0.2) is 9.76 Å². The average Bonchev–Trinajstić information content (AvgIpc) is 2.46. The van der Waals surface area contributed by atoms with Crippen molar-refractivity contribution in [2.24, 2.45) is 0 Å². The summed E-state index contributed by atoms with van der Waals surface area (Å²) in [6.07, 6.45) is 0.696. The lowest BCUT2D eigenvalue weighted by Gasteiger charge is -2.29. The number of hydrogen-bond acceptors (Lipinski definition) is 7. The number of carbonyl (C=O) groups excluding carboxylic acids is 1. The van der Waals surface area contributed by atoms with Crippen LogP contribution >= 0.6 is 0 Å². The molecule has 0 aliphatic carbocycles. The summed E-state index contributed by atoms with van der Waals surface area (Å²) in [5, 5.41) is 17.5. The van der Waals surface area contributed by atoms with E-state index in [0.717, 1.165) is 6.04 Å². The van der Waals surface area contributed by atoms with Crippen LogP contribution in [0.25, 0.3) is 0 Å². The second-order valence-electron chi connectivity index (χ2n) is 4.48. The Balaban J connectivity index is 3.86. The van der Waals surface area contributed by atoms with Gasteiger partial charge in [-0.15, -0.1) is 0 Å². The molecule has 0 aromatic rings. The number of carbonyl (C=O) groups is 1. The maximum absolute atomic E-state index is 11.1. The molecule has 0 bridgehead atoms. The van der Waals surface area contributed by atoms with Crippen molar-refractivity contribution < 1.29 is 33.6 Å². The molecule has 0 radical (unpaired) electrons. The average molecular weight is 322 g/mol. The van der Waals surface area contributed by atoms with Gasteiger partial charge in [0.25, 0.3) is 5.97 Å². The molecule has 0 rings (SSSR count). The van der Waals surface area contributed by atoms with E-state index in [9.17, 15) is 4.79 Å². The summed E-state index contributed by atoms with van der Waals surface area (Å²) in [7, 11) is -0.940. The molecule has 0 amide bonds. The lowest BCUT2D eigenvalue weighted by Crippen LogP contribution is -2.38. The zero-order valence-electron chi connectivity index (χ0n) is 12.8. The van der Waals surface area contributed by atoms with Gasteiger partial charge in [0.2, 0.25) is 0 Å². The van der Waals surface area contributed by atoms with Gasteiger partial charge in [-0.25, -0.2) is 4.79 Å². The molecule has 0 fully saturated rings. The summed E-state index contributed by atoms with van der Waals surface area (Å²) >= 11 is 0. The number of esters is 1. The van der Waals surface area contributed by atoms with Gasteiger partial charge in [-0.1, -0.05) is 6.58 Å². The Kier molecular flexibility index (Phi) is 11.4. The van der Waals surface area contributed by atoms with E-state index in [1.807, 2.05) is 0 Å². The molecule has 7 nitrogen and oxygen atoms in total. The normalized spacial score (nSPS) is 12.0. The van der Waals surface area contributed by atoms with E-state index in [4.69, 9.17) is 28.8 Å². The topological polar surface area (TPSA) is 94.5 Å². The highest BCUT2D eigenvalue weighted by Crippen LogP contribution is 2.14.